The summed E-state index contributed by atoms with van der Waals surface area (Å²) in [5.41, 5.74) is 1.20. The molecule has 2 aromatic rings. The fraction of sp³-hybridized carbons (Fsp3) is 0.615. The molecule has 5 atom stereocenters. The number of pyridine rings is 1. The molecule has 10 heteroatoms. The van der Waals surface area contributed by atoms with Gasteiger partial charge in [-0.2, -0.15) is 5.10 Å². The Labute approximate surface area is 216 Å². The number of amides is 1. The van der Waals surface area contributed by atoms with Crippen LogP contribution >= 0.6 is 11.6 Å². The van der Waals surface area contributed by atoms with Crippen LogP contribution in [0.5, 0.6) is 0 Å². The number of nitrogens with one attached hydrogen (secondary N) is 1. The third kappa shape index (κ3) is 5.43. The molecule has 2 N–H and O–H groups in total. The first-order chi connectivity index (χ1) is 17.1. The van der Waals surface area contributed by atoms with Crippen LogP contribution in [0.3, 0.4) is 0 Å². The van der Waals surface area contributed by atoms with Crippen molar-refractivity contribution in [1.82, 2.24) is 19.7 Å². The molecule has 0 spiro atoms. The molecule has 0 saturated heterocycles. The topological polar surface area (TPSA) is 110 Å². The molecular formula is C26H36ClN5O4. The normalized spacial score (nSPS) is 25.1. The van der Waals surface area contributed by atoms with E-state index in [0.29, 0.717) is 28.9 Å². The Kier molecular flexibility index (Phi) is 8.02. The van der Waals surface area contributed by atoms with Crippen LogP contribution in [-0.2, 0) is 22.6 Å². The van der Waals surface area contributed by atoms with Crippen molar-refractivity contribution in [2.45, 2.75) is 58.8 Å². The van der Waals surface area contributed by atoms with Crippen LogP contribution in [0.15, 0.2) is 35.5 Å². The fourth-order valence-electron chi connectivity index (χ4n) is 5.91. The number of aliphatic hydroxyl groups is 1. The van der Waals surface area contributed by atoms with Crippen LogP contribution in [-0.4, -0.2) is 63.1 Å². The number of aromatic nitrogens is 3. The largest absolute Gasteiger partial charge is 0.389 e. The summed E-state index contributed by atoms with van der Waals surface area (Å²) in [4.78, 5) is 31.7. The zero-order valence-corrected chi connectivity index (χ0v) is 22.1. The number of carbonyl (C=O) groups excluding carboxylic acids is 1. The highest BCUT2D eigenvalue weighted by Crippen LogP contribution is 2.61. The van der Waals surface area contributed by atoms with Gasteiger partial charge < -0.3 is 20.1 Å². The SMILES string of the molecule is COC[C@@H](O)CN(Cc1ccncc1)C(=O)Cn1ncc(N[C@@H]2C[C@@H]3C[C@H]([C@H]2C)C3(C)C)c(Cl)c1=O. The smallest absolute Gasteiger partial charge is 0.288 e. The fourth-order valence-corrected chi connectivity index (χ4v) is 6.11. The molecule has 36 heavy (non-hydrogen) atoms. The number of carbonyl (C=O) groups is 1. The number of aliphatic hydroxyl groups excluding tert-OH is 1. The predicted octanol–water partition coefficient (Wildman–Crippen LogP) is 2.81. The van der Waals surface area contributed by atoms with Gasteiger partial charge in [0, 0.05) is 38.6 Å². The van der Waals surface area contributed by atoms with E-state index in [-0.39, 0.29) is 43.2 Å². The minimum Gasteiger partial charge on any atom is -0.389 e. The maximum Gasteiger partial charge on any atom is 0.288 e. The number of halogens is 1. The number of hydrogen-bond donors (Lipinski definition) is 2. The van der Waals surface area contributed by atoms with Gasteiger partial charge in [-0.3, -0.25) is 14.6 Å². The molecule has 3 aliphatic carbocycles. The highest BCUT2D eigenvalue weighted by Gasteiger charge is 2.56. The van der Waals surface area contributed by atoms with E-state index >= 15 is 0 Å². The highest BCUT2D eigenvalue weighted by atomic mass is 35.5. The second-order valence-electron chi connectivity index (χ2n) is 10.8. The van der Waals surface area contributed by atoms with Crippen molar-refractivity contribution in [3.63, 3.8) is 0 Å². The van der Waals surface area contributed by atoms with Gasteiger partial charge in [0.25, 0.3) is 5.56 Å². The number of ether oxygens (including phenoxy) is 1. The lowest BCUT2D eigenvalue weighted by molar-refractivity contribution is -0.134. The van der Waals surface area contributed by atoms with Crippen molar-refractivity contribution in [2.24, 2.45) is 23.2 Å². The van der Waals surface area contributed by atoms with E-state index in [2.05, 4.69) is 36.2 Å². The van der Waals surface area contributed by atoms with Crippen LogP contribution in [0.25, 0.3) is 0 Å². The number of rotatable bonds is 10. The third-order valence-electron chi connectivity index (χ3n) is 8.23. The molecule has 0 aliphatic heterocycles. The van der Waals surface area contributed by atoms with Crippen LogP contribution in [0.1, 0.15) is 39.2 Å². The molecule has 2 aromatic heterocycles. The van der Waals surface area contributed by atoms with Gasteiger partial charge in [-0.1, -0.05) is 32.4 Å². The molecule has 2 bridgehead atoms. The molecule has 0 radical (unpaired) electrons. The average molecular weight is 518 g/mol. The van der Waals surface area contributed by atoms with Gasteiger partial charge in [-0.25, -0.2) is 4.68 Å². The van der Waals surface area contributed by atoms with E-state index in [1.165, 1.54) is 24.6 Å². The van der Waals surface area contributed by atoms with Crippen LogP contribution in [0, 0.1) is 23.2 Å². The maximum absolute atomic E-state index is 13.2. The Hall–Kier alpha value is -2.49. The number of hydrogen-bond acceptors (Lipinski definition) is 7. The van der Waals surface area contributed by atoms with Gasteiger partial charge in [0.2, 0.25) is 5.91 Å². The summed E-state index contributed by atoms with van der Waals surface area (Å²) >= 11 is 6.46. The standard InChI is InChI=1S/C26H36ClN5O4/c1-16-20-9-18(26(20,2)3)10-21(16)30-22-11-29-32(25(35)24(22)27)14-23(34)31(13-19(33)15-36-4)12-17-5-7-28-8-6-17/h5-8,11,16,18-21,30,33H,9-10,12-15H2,1-4H3/t16-,18+,19+,20-,21-/m1/s1. The van der Waals surface area contributed by atoms with Crippen molar-refractivity contribution < 1.29 is 14.6 Å². The molecule has 2 heterocycles. The Morgan fingerprint density at radius 1 is 1.36 bits per heavy atom. The highest BCUT2D eigenvalue weighted by molar-refractivity contribution is 6.32. The summed E-state index contributed by atoms with van der Waals surface area (Å²) in [5.74, 6) is 1.42. The van der Waals surface area contributed by atoms with Gasteiger partial charge in [-0.05, 0) is 53.7 Å². The average Bonchev–Trinajstić information content (AvgIpc) is 2.84. The zero-order valence-electron chi connectivity index (χ0n) is 21.4. The molecule has 0 aromatic carbocycles. The quantitative estimate of drug-likeness (QED) is 0.498. The Bertz CT molecular complexity index is 1130. The Morgan fingerprint density at radius 2 is 2.08 bits per heavy atom. The van der Waals surface area contributed by atoms with Crippen molar-refractivity contribution >= 4 is 23.2 Å². The summed E-state index contributed by atoms with van der Waals surface area (Å²) in [6.07, 6.45) is 6.24. The molecule has 3 saturated carbocycles. The van der Waals surface area contributed by atoms with Crippen LogP contribution < -0.4 is 10.9 Å². The molecular weight excluding hydrogens is 482 g/mol. The number of anilines is 1. The lowest BCUT2D eigenvalue weighted by Gasteiger charge is -2.62. The summed E-state index contributed by atoms with van der Waals surface area (Å²) < 4.78 is 6.07. The molecule has 0 unspecified atom stereocenters. The third-order valence-corrected chi connectivity index (χ3v) is 8.60. The van der Waals surface area contributed by atoms with Crippen molar-refractivity contribution in [2.75, 3.05) is 25.6 Å². The number of methoxy groups -OCH3 is 1. The molecule has 9 nitrogen and oxygen atoms in total. The summed E-state index contributed by atoms with van der Waals surface area (Å²) in [7, 11) is 1.48. The van der Waals surface area contributed by atoms with Gasteiger partial charge >= 0.3 is 0 Å². The van der Waals surface area contributed by atoms with E-state index < -0.39 is 11.7 Å². The molecule has 5 rings (SSSR count). The maximum atomic E-state index is 13.2. The zero-order chi connectivity index (χ0) is 26.0. The van der Waals surface area contributed by atoms with E-state index in [4.69, 9.17) is 16.3 Å². The summed E-state index contributed by atoms with van der Waals surface area (Å²) in [5, 5.41) is 18.0. The van der Waals surface area contributed by atoms with Crippen molar-refractivity contribution in [3.05, 3.63) is 51.7 Å². The van der Waals surface area contributed by atoms with Gasteiger partial charge in [-0.15, -0.1) is 0 Å². The monoisotopic (exact) mass is 517 g/mol. The molecule has 3 aliphatic rings. The van der Waals surface area contributed by atoms with Crippen molar-refractivity contribution in [3.8, 4) is 0 Å². The minimum absolute atomic E-state index is 0.0311. The van der Waals surface area contributed by atoms with E-state index in [0.717, 1.165) is 16.7 Å². The van der Waals surface area contributed by atoms with Crippen LogP contribution in [0.4, 0.5) is 5.69 Å². The van der Waals surface area contributed by atoms with Crippen LogP contribution in [0.2, 0.25) is 5.02 Å². The van der Waals surface area contributed by atoms with Gasteiger partial charge in [0.05, 0.1) is 24.6 Å². The van der Waals surface area contributed by atoms with Crippen molar-refractivity contribution in [1.29, 1.82) is 0 Å². The summed E-state index contributed by atoms with van der Waals surface area (Å²) in [6.45, 7) is 7.05. The molecule has 196 valence electrons. The second kappa shape index (κ2) is 10.9. The van der Waals surface area contributed by atoms with E-state index in [9.17, 15) is 14.7 Å². The van der Waals surface area contributed by atoms with E-state index in [1.807, 2.05) is 0 Å². The van der Waals surface area contributed by atoms with Gasteiger partial charge in [0.1, 0.15) is 11.6 Å². The molecule has 1 amide bonds. The number of fused-ring (bicyclic) bond motifs is 2. The summed E-state index contributed by atoms with van der Waals surface area (Å²) in [6, 6.07) is 3.82. The first-order valence-corrected chi connectivity index (χ1v) is 12.9. The second-order valence-corrected chi connectivity index (χ2v) is 11.2. The Balaban J connectivity index is 1.46. The lowest BCUT2D eigenvalue weighted by atomic mass is 9.45. The van der Waals surface area contributed by atoms with Gasteiger partial charge in [0.15, 0.2) is 0 Å². The predicted molar refractivity (Wildman–Crippen MR) is 138 cm³/mol. The lowest BCUT2D eigenvalue weighted by Crippen LogP contribution is -2.58. The molecule has 3 fully saturated rings. The first kappa shape index (κ1) is 26.6. The van der Waals surface area contributed by atoms with E-state index in [1.54, 1.807) is 24.5 Å². The minimum atomic E-state index is -0.866. The number of nitrogens with zero attached hydrogens (tertiary/aromatic N) is 4. The first-order valence-electron chi connectivity index (χ1n) is 12.5. The Morgan fingerprint density at radius 3 is 2.72 bits per heavy atom.